The minimum Gasteiger partial charge on any atom is -0.508 e. The van der Waals surface area contributed by atoms with Gasteiger partial charge in [-0.15, -0.1) is 0 Å². The summed E-state index contributed by atoms with van der Waals surface area (Å²) in [6.07, 6.45) is -4.10. The van der Waals surface area contributed by atoms with Crippen LogP contribution in [0.2, 0.25) is 5.02 Å². The van der Waals surface area contributed by atoms with Gasteiger partial charge in [0.25, 0.3) is 5.56 Å². The quantitative estimate of drug-likeness (QED) is 0.347. The van der Waals surface area contributed by atoms with Crippen LogP contribution in [-0.4, -0.2) is 15.2 Å². The first-order chi connectivity index (χ1) is 15.1. The highest BCUT2D eigenvalue weighted by Crippen LogP contribution is 2.41. The molecule has 3 aromatic carbocycles. The summed E-state index contributed by atoms with van der Waals surface area (Å²) in [5.74, 6) is -0.105. The molecular weight excluding hydrogens is 443 g/mol. The maximum atomic E-state index is 13.6. The van der Waals surface area contributed by atoms with E-state index in [1.807, 2.05) is 0 Å². The summed E-state index contributed by atoms with van der Waals surface area (Å²) >= 11 is 6.10. The average molecular weight is 460 g/mol. The number of benzene rings is 3. The van der Waals surface area contributed by atoms with Gasteiger partial charge in [-0.05, 0) is 54.8 Å². The maximum Gasteiger partial charge on any atom is 0.418 e. The Morgan fingerprint density at radius 3 is 2.34 bits per heavy atom. The van der Waals surface area contributed by atoms with Crippen molar-refractivity contribution in [2.75, 3.05) is 0 Å². The average Bonchev–Trinajstić information content (AvgIpc) is 2.74. The van der Waals surface area contributed by atoms with Crippen molar-refractivity contribution in [3.05, 3.63) is 92.7 Å². The van der Waals surface area contributed by atoms with Crippen molar-refractivity contribution in [2.24, 2.45) is 0 Å². The fourth-order valence-electron chi connectivity index (χ4n) is 3.78. The van der Waals surface area contributed by atoms with Crippen LogP contribution in [0.4, 0.5) is 13.2 Å². The topological polar surface area (TPSA) is 73.3 Å². The molecule has 4 nitrogen and oxygen atoms in total. The molecule has 4 aromatic rings. The molecule has 0 atom stereocenters. The lowest BCUT2D eigenvalue weighted by molar-refractivity contribution is -0.136. The number of aromatic amines is 1. The first-order valence-electron chi connectivity index (χ1n) is 9.67. The SMILES string of the molecule is O=c1[nH]c2c(C(F)(F)F)cccc2c(-c2cc(Cl)ccc2O)c1CCc1ccc(O)cc1. The molecule has 0 bridgehead atoms. The summed E-state index contributed by atoms with van der Waals surface area (Å²) in [6.45, 7) is 0. The highest BCUT2D eigenvalue weighted by molar-refractivity contribution is 6.31. The summed E-state index contributed by atoms with van der Waals surface area (Å²) in [6, 6.07) is 14.3. The van der Waals surface area contributed by atoms with Crippen LogP contribution in [0, 0.1) is 0 Å². The van der Waals surface area contributed by atoms with Crippen molar-refractivity contribution in [1.29, 1.82) is 0 Å². The molecule has 0 aliphatic rings. The second kappa shape index (κ2) is 8.24. The molecule has 0 radical (unpaired) electrons. The number of nitrogens with one attached hydrogen (secondary N) is 1. The number of halogens is 4. The number of phenols is 2. The zero-order chi connectivity index (χ0) is 23.0. The number of H-pyrrole nitrogens is 1. The Kier molecular flexibility index (Phi) is 5.60. The molecule has 32 heavy (non-hydrogen) atoms. The van der Waals surface area contributed by atoms with E-state index in [1.165, 1.54) is 42.5 Å². The Labute approximate surface area is 185 Å². The van der Waals surface area contributed by atoms with E-state index in [2.05, 4.69) is 4.98 Å². The van der Waals surface area contributed by atoms with Crippen LogP contribution in [-0.2, 0) is 19.0 Å². The smallest absolute Gasteiger partial charge is 0.418 e. The summed E-state index contributed by atoms with van der Waals surface area (Å²) in [4.78, 5) is 15.4. The molecule has 4 rings (SSSR count). The Balaban J connectivity index is 1.98. The Morgan fingerprint density at radius 1 is 0.938 bits per heavy atom. The molecule has 0 aliphatic heterocycles. The summed E-state index contributed by atoms with van der Waals surface area (Å²) in [5, 5.41) is 20.4. The van der Waals surface area contributed by atoms with Crippen LogP contribution >= 0.6 is 11.6 Å². The lowest BCUT2D eigenvalue weighted by atomic mass is 9.91. The standard InChI is InChI=1S/C24H17ClF3NO3/c25-14-7-11-20(31)18(12-14)21-16-2-1-3-19(24(26,27)28)22(16)29-23(32)17(21)10-6-13-4-8-15(30)9-5-13/h1-5,7-9,11-12,30-31H,6,10H2,(H,29,32). The highest BCUT2D eigenvalue weighted by atomic mass is 35.5. The molecule has 0 aliphatic carbocycles. The zero-order valence-corrected chi connectivity index (χ0v) is 17.3. The second-order valence-corrected chi connectivity index (χ2v) is 7.80. The Bertz CT molecular complexity index is 1360. The third-order valence-corrected chi connectivity index (χ3v) is 5.52. The fourth-order valence-corrected chi connectivity index (χ4v) is 3.96. The third-order valence-electron chi connectivity index (χ3n) is 5.28. The lowest BCUT2D eigenvalue weighted by Gasteiger charge is -2.17. The minimum absolute atomic E-state index is 0.0986. The van der Waals surface area contributed by atoms with E-state index >= 15 is 0 Å². The number of pyridine rings is 1. The van der Waals surface area contributed by atoms with Gasteiger partial charge in [-0.3, -0.25) is 4.79 Å². The molecule has 1 aromatic heterocycles. The maximum absolute atomic E-state index is 13.6. The van der Waals surface area contributed by atoms with Gasteiger partial charge in [-0.2, -0.15) is 13.2 Å². The van der Waals surface area contributed by atoms with E-state index in [1.54, 1.807) is 12.1 Å². The van der Waals surface area contributed by atoms with E-state index < -0.39 is 17.3 Å². The third kappa shape index (κ3) is 4.16. The molecule has 0 fully saturated rings. The van der Waals surface area contributed by atoms with Gasteiger partial charge >= 0.3 is 6.18 Å². The van der Waals surface area contributed by atoms with Crippen LogP contribution < -0.4 is 5.56 Å². The molecule has 0 spiro atoms. The number of aryl methyl sites for hydroxylation is 1. The summed E-state index contributed by atoms with van der Waals surface area (Å²) < 4.78 is 40.9. The van der Waals surface area contributed by atoms with Crippen molar-refractivity contribution in [3.8, 4) is 22.6 Å². The molecular formula is C24H17ClF3NO3. The molecule has 3 N–H and O–H groups in total. The monoisotopic (exact) mass is 459 g/mol. The zero-order valence-electron chi connectivity index (χ0n) is 16.5. The molecule has 0 saturated heterocycles. The van der Waals surface area contributed by atoms with Gasteiger partial charge in [0.2, 0.25) is 0 Å². The van der Waals surface area contributed by atoms with E-state index in [0.717, 1.165) is 11.6 Å². The number of rotatable bonds is 4. The van der Waals surface area contributed by atoms with Crippen molar-refractivity contribution in [3.63, 3.8) is 0 Å². The van der Waals surface area contributed by atoms with Crippen molar-refractivity contribution >= 4 is 22.5 Å². The van der Waals surface area contributed by atoms with Crippen LogP contribution in [0.5, 0.6) is 11.5 Å². The van der Waals surface area contributed by atoms with E-state index in [-0.39, 0.29) is 50.5 Å². The number of fused-ring (bicyclic) bond motifs is 1. The van der Waals surface area contributed by atoms with Crippen LogP contribution in [0.15, 0.2) is 65.5 Å². The number of aromatic hydroxyl groups is 2. The van der Waals surface area contributed by atoms with Crippen LogP contribution in [0.3, 0.4) is 0 Å². The van der Waals surface area contributed by atoms with Gasteiger partial charge < -0.3 is 15.2 Å². The number of alkyl halides is 3. The highest BCUT2D eigenvalue weighted by Gasteiger charge is 2.34. The molecule has 164 valence electrons. The normalized spacial score (nSPS) is 11.8. The number of hydrogen-bond acceptors (Lipinski definition) is 3. The van der Waals surface area contributed by atoms with Crippen molar-refractivity contribution in [2.45, 2.75) is 19.0 Å². The fraction of sp³-hybridized carbons (Fsp3) is 0.125. The van der Waals surface area contributed by atoms with E-state index in [0.29, 0.717) is 6.42 Å². The number of aromatic nitrogens is 1. The van der Waals surface area contributed by atoms with Crippen molar-refractivity contribution in [1.82, 2.24) is 4.98 Å². The van der Waals surface area contributed by atoms with Crippen LogP contribution in [0.1, 0.15) is 16.7 Å². The lowest BCUT2D eigenvalue weighted by Crippen LogP contribution is -2.18. The second-order valence-electron chi connectivity index (χ2n) is 7.36. The number of para-hydroxylation sites is 1. The minimum atomic E-state index is -4.68. The van der Waals surface area contributed by atoms with Gasteiger partial charge in [0.05, 0.1) is 11.1 Å². The summed E-state index contributed by atoms with van der Waals surface area (Å²) in [5.41, 5.74) is -0.576. The Hall–Kier alpha value is -3.45. The first kappa shape index (κ1) is 21.8. The number of hydrogen-bond donors (Lipinski definition) is 3. The van der Waals surface area contributed by atoms with Gasteiger partial charge in [0.1, 0.15) is 11.5 Å². The van der Waals surface area contributed by atoms with E-state index in [9.17, 15) is 28.2 Å². The van der Waals surface area contributed by atoms with Gasteiger partial charge in [-0.25, -0.2) is 0 Å². The molecule has 1 heterocycles. The Morgan fingerprint density at radius 2 is 1.66 bits per heavy atom. The number of phenolic OH excluding ortho intramolecular Hbond substituents is 2. The van der Waals surface area contributed by atoms with Crippen molar-refractivity contribution < 1.29 is 23.4 Å². The predicted molar refractivity (Wildman–Crippen MR) is 117 cm³/mol. The molecule has 8 heteroatoms. The molecule has 0 saturated carbocycles. The van der Waals surface area contributed by atoms with Crippen LogP contribution in [0.25, 0.3) is 22.0 Å². The molecule has 0 amide bonds. The predicted octanol–water partition coefficient (Wildman–Crippen LogP) is 6.06. The largest absolute Gasteiger partial charge is 0.508 e. The summed E-state index contributed by atoms with van der Waals surface area (Å²) in [7, 11) is 0. The van der Waals surface area contributed by atoms with Gasteiger partial charge in [0.15, 0.2) is 0 Å². The van der Waals surface area contributed by atoms with Gasteiger partial charge in [-0.1, -0.05) is 35.9 Å². The molecule has 0 unspecified atom stereocenters. The van der Waals surface area contributed by atoms with E-state index in [4.69, 9.17) is 11.6 Å². The first-order valence-corrected chi connectivity index (χ1v) is 10.0. The van der Waals surface area contributed by atoms with Gasteiger partial charge in [0, 0.05) is 27.1 Å².